The molecule has 13 heteroatoms. The van der Waals surface area contributed by atoms with Crippen molar-refractivity contribution in [2.45, 2.75) is 38.1 Å². The van der Waals surface area contributed by atoms with Crippen molar-refractivity contribution in [3.8, 4) is 0 Å². The molecule has 0 amide bonds. The van der Waals surface area contributed by atoms with Crippen molar-refractivity contribution in [1.29, 1.82) is 0 Å². The van der Waals surface area contributed by atoms with E-state index in [1.54, 1.807) is 6.92 Å². The van der Waals surface area contributed by atoms with E-state index in [0.717, 1.165) is 12.1 Å². The van der Waals surface area contributed by atoms with Crippen molar-refractivity contribution < 1.29 is 37.1 Å². The maximum absolute atomic E-state index is 13.9. The van der Waals surface area contributed by atoms with Gasteiger partial charge in [-0.15, -0.1) is 6.54 Å². The molecule has 3 heterocycles. The number of hydrogen-bond donors (Lipinski definition) is 1. The van der Waals surface area contributed by atoms with E-state index in [9.17, 15) is 18.0 Å². The molecule has 0 saturated carbocycles. The van der Waals surface area contributed by atoms with E-state index in [4.69, 9.17) is 59.6 Å². The van der Waals surface area contributed by atoms with Crippen LogP contribution < -0.4 is 0 Å². The van der Waals surface area contributed by atoms with Crippen LogP contribution in [0, 0.1) is 12.8 Å². The van der Waals surface area contributed by atoms with Crippen LogP contribution in [0.15, 0.2) is 27.8 Å². The normalized spacial score (nSPS) is 22.1. The highest BCUT2D eigenvalue weighted by atomic mass is 35.5. The minimum absolute atomic E-state index is 0.0210. The topological polar surface area (TPSA) is 105 Å². The minimum atomic E-state index is -4.81. The fourth-order valence-corrected chi connectivity index (χ4v) is 3.99. The zero-order valence-corrected chi connectivity index (χ0v) is 19.9. The smallest absolute Gasteiger partial charge is 0.435 e. The average Bonchev–Trinajstić information content (AvgIpc) is 3.50. The maximum Gasteiger partial charge on any atom is 0.435 e. The van der Waals surface area contributed by atoms with E-state index in [2.05, 4.69) is 5.16 Å². The Kier molecular flexibility index (Phi) is 8.09. The Morgan fingerprint density at radius 2 is 1.91 bits per heavy atom. The molecular formula is C21H19Cl3F3N2O5-. The number of oxime groups is 1. The van der Waals surface area contributed by atoms with Gasteiger partial charge in [-0.3, -0.25) is 4.79 Å². The summed E-state index contributed by atoms with van der Waals surface area (Å²) in [4.78, 5) is 15.0. The molecule has 4 rings (SSSR count). The Labute approximate surface area is 207 Å². The highest BCUT2D eigenvalue weighted by Crippen LogP contribution is 2.50. The predicted octanol–water partition coefficient (Wildman–Crippen LogP) is 6.79. The summed E-state index contributed by atoms with van der Waals surface area (Å²) in [5, 5.41) is 11.6. The molecule has 0 spiro atoms. The second-order valence-corrected chi connectivity index (χ2v) is 8.84. The summed E-state index contributed by atoms with van der Waals surface area (Å²) in [5.74, 6) is -0.403. The first-order valence-electron chi connectivity index (χ1n) is 9.91. The number of aryl methyl sites for hydroxylation is 1. The highest BCUT2D eigenvalue weighted by molar-refractivity contribution is 6.48. The molecule has 34 heavy (non-hydrogen) atoms. The van der Waals surface area contributed by atoms with Crippen LogP contribution in [0.1, 0.15) is 35.5 Å². The van der Waals surface area contributed by atoms with Gasteiger partial charge in [0, 0.05) is 12.2 Å². The SMILES string of the molecule is Cc1oc(C2=NOC(c3cc(Cl)c(Cl)c(Cl)c3)(C(F)(F)F)C2)cc1C[NH-].O=C(O)C1CCOC1. The molecule has 0 aliphatic carbocycles. The monoisotopic (exact) mass is 541 g/mol. The summed E-state index contributed by atoms with van der Waals surface area (Å²) in [7, 11) is 0. The van der Waals surface area contributed by atoms with Crippen molar-refractivity contribution in [2.75, 3.05) is 13.2 Å². The lowest BCUT2D eigenvalue weighted by atomic mass is 9.87. The van der Waals surface area contributed by atoms with E-state index >= 15 is 0 Å². The molecular weight excluding hydrogens is 524 g/mol. The van der Waals surface area contributed by atoms with Crippen molar-refractivity contribution in [2.24, 2.45) is 11.1 Å². The van der Waals surface area contributed by atoms with E-state index in [0.29, 0.717) is 31.0 Å². The molecule has 7 nitrogen and oxygen atoms in total. The van der Waals surface area contributed by atoms with Crippen LogP contribution in [0.5, 0.6) is 0 Å². The Bertz CT molecular complexity index is 1080. The van der Waals surface area contributed by atoms with Gasteiger partial charge in [-0.2, -0.15) is 13.2 Å². The van der Waals surface area contributed by atoms with Crippen LogP contribution >= 0.6 is 34.8 Å². The summed E-state index contributed by atoms with van der Waals surface area (Å²) < 4.78 is 52.0. The zero-order chi connectivity index (χ0) is 25.3. The molecule has 1 fully saturated rings. The number of hydrogen-bond acceptors (Lipinski definition) is 5. The number of carboxylic acid groups (broad SMARTS) is 1. The number of rotatable bonds is 4. The number of aliphatic carboxylic acids is 1. The van der Waals surface area contributed by atoms with Gasteiger partial charge in [0.15, 0.2) is 5.76 Å². The number of furan rings is 1. The standard InChI is InChI=1S/C16H11Cl3F3N2O2.C5H8O3/c1-7-8(6-23)2-13(25-7)12-5-15(26-24-12,16(20,21)22)9-3-10(17)14(19)11(18)4-9;6-5(7)4-1-2-8-3-4/h2-4,23H,5-6H2,1H3;4H,1-3H2,(H,6,7)/q-1;. The van der Waals surface area contributed by atoms with Gasteiger partial charge >= 0.3 is 12.1 Å². The van der Waals surface area contributed by atoms with E-state index in [1.165, 1.54) is 6.07 Å². The Morgan fingerprint density at radius 3 is 2.35 bits per heavy atom. The van der Waals surface area contributed by atoms with Crippen LogP contribution in [0.2, 0.25) is 15.1 Å². The summed E-state index contributed by atoms with van der Waals surface area (Å²) in [6.07, 6.45) is -4.76. The molecule has 2 N–H and O–H groups in total. The largest absolute Gasteiger partial charge is 0.674 e. The average molecular weight is 543 g/mol. The van der Waals surface area contributed by atoms with Crippen molar-refractivity contribution in [3.05, 3.63) is 61.6 Å². The Balaban J connectivity index is 0.000000343. The van der Waals surface area contributed by atoms with Crippen LogP contribution in [0.4, 0.5) is 13.2 Å². The van der Waals surface area contributed by atoms with Gasteiger partial charge in [-0.25, -0.2) is 0 Å². The number of halogens is 6. The van der Waals surface area contributed by atoms with Gasteiger partial charge in [-0.1, -0.05) is 40.0 Å². The predicted molar refractivity (Wildman–Crippen MR) is 119 cm³/mol. The van der Waals surface area contributed by atoms with Crippen LogP contribution in [-0.4, -0.2) is 36.2 Å². The molecule has 2 aliphatic rings. The number of benzene rings is 1. The molecule has 1 aromatic carbocycles. The molecule has 2 unspecified atom stereocenters. The van der Waals surface area contributed by atoms with Gasteiger partial charge in [0.1, 0.15) is 11.5 Å². The number of nitrogens with one attached hydrogen (secondary N) is 1. The second kappa shape index (κ2) is 10.3. The van der Waals surface area contributed by atoms with Gasteiger partial charge in [-0.05, 0) is 37.1 Å². The fourth-order valence-electron chi connectivity index (χ4n) is 3.39. The maximum atomic E-state index is 13.9. The first-order valence-corrected chi connectivity index (χ1v) is 11.0. The number of alkyl halides is 3. The first-order chi connectivity index (χ1) is 15.9. The number of ether oxygens (including phenoxy) is 1. The summed E-state index contributed by atoms with van der Waals surface area (Å²) in [6, 6.07) is 3.60. The van der Waals surface area contributed by atoms with E-state index in [-0.39, 0.29) is 44.6 Å². The number of carboxylic acids is 1. The number of carbonyl (C=O) groups is 1. The summed E-state index contributed by atoms with van der Waals surface area (Å²) in [6.45, 7) is 2.57. The highest BCUT2D eigenvalue weighted by Gasteiger charge is 2.62. The molecule has 1 aromatic heterocycles. The molecule has 0 radical (unpaired) electrons. The third-order valence-electron chi connectivity index (χ3n) is 5.41. The van der Waals surface area contributed by atoms with Crippen LogP contribution in [-0.2, 0) is 26.5 Å². The lowest BCUT2D eigenvalue weighted by Gasteiger charge is -2.29. The van der Waals surface area contributed by atoms with E-state index < -0.39 is 24.2 Å². The molecule has 186 valence electrons. The summed E-state index contributed by atoms with van der Waals surface area (Å²) in [5.41, 5.74) is 4.86. The van der Waals surface area contributed by atoms with Crippen molar-refractivity contribution in [3.63, 3.8) is 0 Å². The molecule has 1 saturated heterocycles. The molecule has 0 bridgehead atoms. The van der Waals surface area contributed by atoms with Crippen LogP contribution in [0.25, 0.3) is 5.73 Å². The third kappa shape index (κ3) is 5.31. The quantitative estimate of drug-likeness (QED) is 0.428. The molecule has 2 atom stereocenters. The van der Waals surface area contributed by atoms with E-state index in [1.807, 2.05) is 0 Å². The third-order valence-corrected chi connectivity index (χ3v) is 6.61. The molecule has 2 aliphatic heterocycles. The second-order valence-electron chi connectivity index (χ2n) is 7.65. The van der Waals surface area contributed by atoms with Gasteiger partial charge in [0.05, 0.1) is 34.0 Å². The Hall–Kier alpha value is -1.98. The zero-order valence-electron chi connectivity index (χ0n) is 17.6. The molecule has 2 aromatic rings. The van der Waals surface area contributed by atoms with Gasteiger partial charge in [0.25, 0.3) is 5.60 Å². The van der Waals surface area contributed by atoms with Crippen molar-refractivity contribution >= 4 is 46.5 Å². The lowest BCUT2D eigenvalue weighted by Crippen LogP contribution is -2.42. The van der Waals surface area contributed by atoms with Gasteiger partial charge in [0.2, 0.25) is 0 Å². The van der Waals surface area contributed by atoms with Crippen LogP contribution in [0.3, 0.4) is 0 Å². The summed E-state index contributed by atoms with van der Waals surface area (Å²) >= 11 is 17.6. The number of nitrogens with zero attached hydrogens (tertiary/aromatic N) is 1. The lowest BCUT2D eigenvalue weighted by molar-refractivity contribution is -0.275. The fraction of sp³-hybridized carbons (Fsp3) is 0.429. The van der Waals surface area contributed by atoms with Gasteiger partial charge < -0.3 is 24.8 Å². The van der Waals surface area contributed by atoms with Crippen molar-refractivity contribution in [1.82, 2.24) is 0 Å². The first kappa shape index (κ1) is 26.6. The Morgan fingerprint density at radius 1 is 1.26 bits per heavy atom. The minimum Gasteiger partial charge on any atom is -0.674 e.